The zero-order chi connectivity index (χ0) is 7.84. The summed E-state index contributed by atoms with van der Waals surface area (Å²) in [5, 5.41) is 0.871. The average molecular weight is 168 g/mol. The smallest absolute Gasteiger partial charge is 0.0441 e. The van der Waals surface area contributed by atoms with Crippen molar-refractivity contribution in [3.63, 3.8) is 0 Å². The molecule has 0 saturated heterocycles. The molecule has 0 bridgehead atoms. The third-order valence-electron chi connectivity index (χ3n) is 2.26. The third-order valence-corrected chi connectivity index (χ3v) is 2.61. The molecule has 11 heavy (non-hydrogen) atoms. The summed E-state index contributed by atoms with van der Waals surface area (Å²) >= 11 is 5.98. The van der Waals surface area contributed by atoms with Crippen LogP contribution < -0.4 is 5.73 Å². The van der Waals surface area contributed by atoms with Gasteiger partial charge < -0.3 is 5.73 Å². The Balaban J connectivity index is 2.57. The first-order chi connectivity index (χ1) is 5.29. The van der Waals surface area contributed by atoms with E-state index in [9.17, 15) is 0 Å². The van der Waals surface area contributed by atoms with E-state index in [1.165, 1.54) is 11.1 Å². The lowest BCUT2D eigenvalue weighted by Crippen LogP contribution is -2.04. The Bertz CT molecular complexity index is 283. The number of fused-ring (bicyclic) bond motifs is 1. The van der Waals surface area contributed by atoms with Gasteiger partial charge in [-0.3, -0.25) is 0 Å². The molecule has 0 spiro atoms. The fraction of sp³-hybridized carbons (Fsp3) is 0.333. The van der Waals surface area contributed by atoms with Crippen LogP contribution in [0.15, 0.2) is 18.2 Å². The molecule has 0 unspecified atom stereocenters. The van der Waals surface area contributed by atoms with E-state index in [0.717, 1.165) is 17.9 Å². The van der Waals surface area contributed by atoms with Gasteiger partial charge in [-0.05, 0) is 30.0 Å². The highest BCUT2D eigenvalue weighted by molar-refractivity contribution is 6.31. The lowest BCUT2D eigenvalue weighted by molar-refractivity contribution is 0.713. The minimum Gasteiger partial charge on any atom is -0.324 e. The van der Waals surface area contributed by atoms with Crippen molar-refractivity contribution in [3.05, 3.63) is 34.3 Å². The van der Waals surface area contributed by atoms with E-state index in [2.05, 4.69) is 6.07 Å². The summed E-state index contributed by atoms with van der Waals surface area (Å²) in [6.07, 6.45) is 2.08. The van der Waals surface area contributed by atoms with Crippen molar-refractivity contribution in [2.45, 2.75) is 18.9 Å². The van der Waals surface area contributed by atoms with E-state index >= 15 is 0 Å². The number of halogens is 1. The molecule has 1 aromatic rings. The molecule has 2 rings (SSSR count). The van der Waals surface area contributed by atoms with E-state index in [1.807, 2.05) is 12.1 Å². The molecule has 0 aromatic heterocycles. The maximum absolute atomic E-state index is 5.98. The molecule has 0 amide bonds. The quantitative estimate of drug-likeness (QED) is 0.631. The molecular formula is C9H10ClN. The van der Waals surface area contributed by atoms with Gasteiger partial charge in [-0.25, -0.2) is 0 Å². The molecule has 2 N–H and O–H groups in total. The minimum atomic E-state index is 0.212. The van der Waals surface area contributed by atoms with E-state index < -0.39 is 0 Å². The second kappa shape index (κ2) is 2.50. The first-order valence-electron chi connectivity index (χ1n) is 3.82. The van der Waals surface area contributed by atoms with Crippen molar-refractivity contribution < 1.29 is 0 Å². The predicted octanol–water partition coefficient (Wildman–Crippen LogP) is 2.29. The normalized spacial score (nSPS) is 21.8. The van der Waals surface area contributed by atoms with Gasteiger partial charge in [-0.2, -0.15) is 0 Å². The molecule has 0 fully saturated rings. The molecule has 2 heteroatoms. The van der Waals surface area contributed by atoms with Crippen molar-refractivity contribution in [2.24, 2.45) is 5.73 Å². The van der Waals surface area contributed by atoms with Gasteiger partial charge in [0.15, 0.2) is 0 Å². The van der Waals surface area contributed by atoms with Crippen molar-refractivity contribution in [1.82, 2.24) is 0 Å². The SMILES string of the molecule is N[C@H]1CCc2c(Cl)cccc21. The summed E-state index contributed by atoms with van der Waals surface area (Å²) < 4.78 is 0. The van der Waals surface area contributed by atoms with Gasteiger partial charge in [0.2, 0.25) is 0 Å². The molecule has 0 heterocycles. The second-order valence-corrected chi connectivity index (χ2v) is 3.36. The fourth-order valence-corrected chi connectivity index (χ4v) is 1.92. The number of rotatable bonds is 0. The van der Waals surface area contributed by atoms with Crippen LogP contribution in [0.1, 0.15) is 23.6 Å². The monoisotopic (exact) mass is 167 g/mol. The second-order valence-electron chi connectivity index (χ2n) is 2.95. The molecular weight excluding hydrogens is 158 g/mol. The van der Waals surface area contributed by atoms with Crippen LogP contribution in [0, 0.1) is 0 Å². The van der Waals surface area contributed by atoms with Crippen molar-refractivity contribution in [2.75, 3.05) is 0 Å². The Morgan fingerprint density at radius 1 is 1.45 bits per heavy atom. The molecule has 1 atom stereocenters. The van der Waals surface area contributed by atoms with Crippen LogP contribution in [0.25, 0.3) is 0 Å². The maximum atomic E-state index is 5.98. The lowest BCUT2D eigenvalue weighted by Gasteiger charge is -2.03. The molecule has 1 aliphatic carbocycles. The van der Waals surface area contributed by atoms with Crippen LogP contribution in [0.3, 0.4) is 0 Å². The Morgan fingerprint density at radius 3 is 3.00 bits per heavy atom. The Labute approximate surface area is 71.2 Å². The minimum absolute atomic E-state index is 0.212. The van der Waals surface area contributed by atoms with Gasteiger partial charge in [-0.15, -0.1) is 0 Å². The highest BCUT2D eigenvalue weighted by atomic mass is 35.5. The van der Waals surface area contributed by atoms with Crippen LogP contribution >= 0.6 is 11.6 Å². The van der Waals surface area contributed by atoms with Crippen LogP contribution in [0.4, 0.5) is 0 Å². The van der Waals surface area contributed by atoms with Crippen molar-refractivity contribution in [3.8, 4) is 0 Å². The van der Waals surface area contributed by atoms with Crippen molar-refractivity contribution in [1.29, 1.82) is 0 Å². The molecule has 0 aliphatic heterocycles. The highest BCUT2D eigenvalue weighted by Crippen LogP contribution is 2.33. The van der Waals surface area contributed by atoms with Gasteiger partial charge in [0, 0.05) is 11.1 Å². The number of nitrogens with two attached hydrogens (primary N) is 1. The lowest BCUT2D eigenvalue weighted by atomic mass is 10.1. The van der Waals surface area contributed by atoms with Gasteiger partial charge >= 0.3 is 0 Å². The molecule has 58 valence electrons. The summed E-state index contributed by atoms with van der Waals surface area (Å²) in [6.45, 7) is 0. The van der Waals surface area contributed by atoms with E-state index in [-0.39, 0.29) is 6.04 Å². The van der Waals surface area contributed by atoms with Crippen LogP contribution in [0.5, 0.6) is 0 Å². The van der Waals surface area contributed by atoms with Gasteiger partial charge in [-0.1, -0.05) is 23.7 Å². The molecule has 1 aliphatic rings. The van der Waals surface area contributed by atoms with E-state index in [1.54, 1.807) is 0 Å². The Hall–Kier alpha value is -0.530. The summed E-state index contributed by atoms with van der Waals surface area (Å²) in [5.41, 5.74) is 8.34. The van der Waals surface area contributed by atoms with Crippen LogP contribution in [-0.4, -0.2) is 0 Å². The standard InChI is InChI=1S/C9H10ClN/c10-8-3-1-2-7-6(8)4-5-9(7)11/h1-3,9H,4-5,11H2/t9-/m0/s1. The molecule has 0 saturated carbocycles. The molecule has 1 aromatic carbocycles. The van der Waals surface area contributed by atoms with Crippen LogP contribution in [0.2, 0.25) is 5.02 Å². The summed E-state index contributed by atoms with van der Waals surface area (Å²) in [7, 11) is 0. The first-order valence-corrected chi connectivity index (χ1v) is 4.19. The van der Waals surface area contributed by atoms with E-state index in [4.69, 9.17) is 17.3 Å². The fourth-order valence-electron chi connectivity index (χ4n) is 1.64. The van der Waals surface area contributed by atoms with Gasteiger partial charge in [0.1, 0.15) is 0 Å². The number of benzene rings is 1. The first kappa shape index (κ1) is 7.14. The highest BCUT2D eigenvalue weighted by Gasteiger charge is 2.20. The number of hydrogen-bond acceptors (Lipinski definition) is 1. The summed E-state index contributed by atoms with van der Waals surface area (Å²) in [4.78, 5) is 0. The average Bonchev–Trinajstić information content (AvgIpc) is 2.35. The van der Waals surface area contributed by atoms with Gasteiger partial charge in [0.25, 0.3) is 0 Å². The third kappa shape index (κ3) is 1.05. The van der Waals surface area contributed by atoms with E-state index in [0.29, 0.717) is 0 Å². The zero-order valence-electron chi connectivity index (χ0n) is 6.18. The molecule has 0 radical (unpaired) electrons. The Morgan fingerprint density at radius 2 is 2.27 bits per heavy atom. The van der Waals surface area contributed by atoms with Gasteiger partial charge in [0.05, 0.1) is 0 Å². The van der Waals surface area contributed by atoms with Crippen LogP contribution in [-0.2, 0) is 6.42 Å². The summed E-state index contributed by atoms with van der Waals surface area (Å²) in [5.74, 6) is 0. The maximum Gasteiger partial charge on any atom is 0.0441 e. The Kier molecular flexibility index (Phi) is 1.63. The summed E-state index contributed by atoms with van der Waals surface area (Å²) in [6, 6.07) is 6.17. The largest absolute Gasteiger partial charge is 0.324 e. The predicted molar refractivity (Wildman–Crippen MR) is 46.7 cm³/mol. The van der Waals surface area contributed by atoms with Crippen molar-refractivity contribution >= 4 is 11.6 Å². The zero-order valence-corrected chi connectivity index (χ0v) is 6.93. The number of hydrogen-bond donors (Lipinski definition) is 1. The topological polar surface area (TPSA) is 26.0 Å². The molecule has 1 nitrogen and oxygen atoms in total.